The van der Waals surface area contributed by atoms with Crippen molar-refractivity contribution in [3.05, 3.63) is 52.7 Å². The van der Waals surface area contributed by atoms with Crippen LogP contribution in [0, 0.1) is 0 Å². The molecule has 0 saturated heterocycles. The molecule has 0 aliphatic rings. The SMILES string of the molecule is CC(c1ccncc1)C(Br)c1ccoc1Br. The second kappa shape index (κ2) is 5.15. The Morgan fingerprint density at radius 1 is 1.25 bits per heavy atom. The third kappa shape index (κ3) is 2.38. The molecule has 0 N–H and O–H groups in total. The average Bonchev–Trinajstić information content (AvgIpc) is 2.75. The maximum atomic E-state index is 5.25. The number of pyridine rings is 1. The van der Waals surface area contributed by atoms with Crippen molar-refractivity contribution in [2.24, 2.45) is 0 Å². The van der Waals surface area contributed by atoms with E-state index in [4.69, 9.17) is 4.42 Å². The van der Waals surface area contributed by atoms with Gasteiger partial charge in [-0.2, -0.15) is 0 Å². The van der Waals surface area contributed by atoms with E-state index < -0.39 is 0 Å². The molecule has 0 aliphatic carbocycles. The summed E-state index contributed by atoms with van der Waals surface area (Å²) in [6.45, 7) is 2.17. The zero-order valence-electron chi connectivity index (χ0n) is 8.73. The Hall–Kier alpha value is -0.610. The minimum Gasteiger partial charge on any atom is -0.457 e. The van der Waals surface area contributed by atoms with Crippen LogP contribution in [0.25, 0.3) is 0 Å². The fourth-order valence-electron chi connectivity index (χ4n) is 1.61. The first kappa shape index (κ1) is 11.9. The molecule has 0 radical (unpaired) electrons. The number of hydrogen-bond donors (Lipinski definition) is 0. The third-order valence-electron chi connectivity index (χ3n) is 2.61. The number of nitrogens with zero attached hydrogens (tertiary/aromatic N) is 1. The first-order valence-corrected chi connectivity index (χ1v) is 6.68. The minimum atomic E-state index is 0.225. The molecular formula is C12H11Br2NO. The van der Waals surface area contributed by atoms with E-state index in [0.29, 0.717) is 5.92 Å². The molecule has 2 unspecified atom stereocenters. The van der Waals surface area contributed by atoms with E-state index in [1.807, 2.05) is 30.6 Å². The van der Waals surface area contributed by atoms with Gasteiger partial charge in [0.1, 0.15) is 0 Å². The van der Waals surface area contributed by atoms with E-state index in [0.717, 1.165) is 10.2 Å². The first-order chi connectivity index (χ1) is 7.70. The zero-order chi connectivity index (χ0) is 11.5. The van der Waals surface area contributed by atoms with Crippen molar-refractivity contribution in [2.75, 3.05) is 0 Å². The van der Waals surface area contributed by atoms with Crippen molar-refractivity contribution in [1.82, 2.24) is 4.98 Å². The highest BCUT2D eigenvalue weighted by molar-refractivity contribution is 9.10. The topological polar surface area (TPSA) is 26.0 Å². The van der Waals surface area contributed by atoms with Gasteiger partial charge in [-0.3, -0.25) is 4.98 Å². The molecule has 2 atom stereocenters. The van der Waals surface area contributed by atoms with Crippen molar-refractivity contribution in [3.63, 3.8) is 0 Å². The van der Waals surface area contributed by atoms with Gasteiger partial charge >= 0.3 is 0 Å². The van der Waals surface area contributed by atoms with E-state index in [1.54, 1.807) is 6.26 Å². The van der Waals surface area contributed by atoms with Gasteiger partial charge in [0.25, 0.3) is 0 Å². The predicted molar refractivity (Wildman–Crippen MR) is 70.7 cm³/mol. The van der Waals surface area contributed by atoms with Gasteiger partial charge in [0.2, 0.25) is 0 Å². The molecule has 0 spiro atoms. The summed E-state index contributed by atoms with van der Waals surface area (Å²) in [5.41, 5.74) is 2.38. The summed E-state index contributed by atoms with van der Waals surface area (Å²) in [5.74, 6) is 0.358. The summed E-state index contributed by atoms with van der Waals surface area (Å²) >= 11 is 7.11. The van der Waals surface area contributed by atoms with Crippen LogP contribution in [0.1, 0.15) is 28.8 Å². The molecule has 2 rings (SSSR count). The van der Waals surface area contributed by atoms with E-state index >= 15 is 0 Å². The average molecular weight is 345 g/mol. The van der Waals surface area contributed by atoms with Crippen LogP contribution in [-0.4, -0.2) is 4.98 Å². The van der Waals surface area contributed by atoms with Gasteiger partial charge in [-0.05, 0) is 45.6 Å². The Kier molecular flexibility index (Phi) is 3.82. The Bertz CT molecular complexity index is 455. The molecular weight excluding hydrogens is 334 g/mol. The van der Waals surface area contributed by atoms with Crippen LogP contribution in [0.5, 0.6) is 0 Å². The lowest BCUT2D eigenvalue weighted by Crippen LogP contribution is -2.01. The van der Waals surface area contributed by atoms with Gasteiger partial charge < -0.3 is 4.42 Å². The van der Waals surface area contributed by atoms with E-state index in [9.17, 15) is 0 Å². The zero-order valence-corrected chi connectivity index (χ0v) is 11.9. The van der Waals surface area contributed by atoms with Crippen LogP contribution in [0.4, 0.5) is 0 Å². The standard InChI is InChI=1S/C12H11Br2NO/c1-8(9-2-5-15-6-3-9)11(13)10-4-7-16-12(10)14/h2-8,11H,1H3. The van der Waals surface area contributed by atoms with Gasteiger partial charge in [0.15, 0.2) is 4.67 Å². The normalized spacial score (nSPS) is 14.7. The van der Waals surface area contributed by atoms with Crippen molar-refractivity contribution in [3.8, 4) is 0 Å². The van der Waals surface area contributed by atoms with E-state index in [2.05, 4.69) is 43.8 Å². The Morgan fingerprint density at radius 3 is 2.50 bits per heavy atom. The monoisotopic (exact) mass is 343 g/mol. The fourth-order valence-corrected chi connectivity index (χ4v) is 3.07. The molecule has 16 heavy (non-hydrogen) atoms. The first-order valence-electron chi connectivity index (χ1n) is 4.97. The van der Waals surface area contributed by atoms with Crippen LogP contribution in [0.15, 0.2) is 45.9 Å². The molecule has 2 aromatic heterocycles. The van der Waals surface area contributed by atoms with Crippen molar-refractivity contribution >= 4 is 31.9 Å². The summed E-state index contributed by atoms with van der Waals surface area (Å²) in [6.07, 6.45) is 5.32. The molecule has 2 nitrogen and oxygen atoms in total. The molecule has 0 fully saturated rings. The quantitative estimate of drug-likeness (QED) is 0.756. The molecule has 4 heteroatoms. The molecule has 2 heterocycles. The van der Waals surface area contributed by atoms with Gasteiger partial charge in [-0.15, -0.1) is 0 Å². The smallest absolute Gasteiger partial charge is 0.173 e. The van der Waals surface area contributed by atoms with Crippen molar-refractivity contribution in [2.45, 2.75) is 17.7 Å². The Balaban J connectivity index is 2.23. The lowest BCUT2D eigenvalue weighted by atomic mass is 9.96. The molecule has 0 aliphatic heterocycles. The second-order valence-corrected chi connectivity index (χ2v) is 5.33. The molecule has 0 amide bonds. The summed E-state index contributed by atoms with van der Waals surface area (Å²) in [6, 6.07) is 6.04. The summed E-state index contributed by atoms with van der Waals surface area (Å²) in [5, 5.41) is 0. The number of halogens is 2. The molecule has 84 valence electrons. The highest BCUT2D eigenvalue weighted by Crippen LogP contribution is 2.40. The highest BCUT2D eigenvalue weighted by Gasteiger charge is 2.21. The fraction of sp³-hybridized carbons (Fsp3) is 0.250. The maximum Gasteiger partial charge on any atom is 0.173 e. The molecule has 0 bridgehead atoms. The van der Waals surface area contributed by atoms with Gasteiger partial charge in [-0.1, -0.05) is 22.9 Å². The van der Waals surface area contributed by atoms with E-state index in [1.165, 1.54) is 5.56 Å². The lowest BCUT2D eigenvalue weighted by molar-refractivity contribution is 0.534. The van der Waals surface area contributed by atoms with Crippen LogP contribution in [0.2, 0.25) is 0 Å². The highest BCUT2D eigenvalue weighted by atomic mass is 79.9. The van der Waals surface area contributed by atoms with Crippen molar-refractivity contribution < 1.29 is 4.42 Å². The summed E-state index contributed by atoms with van der Waals surface area (Å²) < 4.78 is 6.03. The van der Waals surface area contributed by atoms with Crippen LogP contribution >= 0.6 is 31.9 Å². The number of aromatic nitrogens is 1. The molecule has 2 aromatic rings. The predicted octanol–water partition coefficient (Wildman–Crippen LogP) is 4.68. The number of hydrogen-bond acceptors (Lipinski definition) is 2. The minimum absolute atomic E-state index is 0.225. The van der Waals surface area contributed by atoms with Gasteiger partial charge in [0.05, 0.1) is 11.1 Å². The maximum absolute atomic E-state index is 5.25. The number of rotatable bonds is 3. The molecule has 0 aromatic carbocycles. The van der Waals surface area contributed by atoms with Crippen LogP contribution in [0.3, 0.4) is 0 Å². The van der Waals surface area contributed by atoms with E-state index in [-0.39, 0.29) is 4.83 Å². The summed E-state index contributed by atoms with van der Waals surface area (Å²) in [7, 11) is 0. The number of furan rings is 1. The van der Waals surface area contributed by atoms with Crippen LogP contribution in [-0.2, 0) is 0 Å². The lowest BCUT2D eigenvalue weighted by Gasteiger charge is -2.17. The van der Waals surface area contributed by atoms with Crippen LogP contribution < -0.4 is 0 Å². The molecule has 0 saturated carbocycles. The van der Waals surface area contributed by atoms with Crippen molar-refractivity contribution in [1.29, 1.82) is 0 Å². The third-order valence-corrected chi connectivity index (χ3v) is 4.55. The largest absolute Gasteiger partial charge is 0.457 e. The number of alkyl halides is 1. The Labute approximate surface area is 111 Å². The van der Waals surface area contributed by atoms with Gasteiger partial charge in [0, 0.05) is 18.0 Å². The summed E-state index contributed by atoms with van der Waals surface area (Å²) in [4.78, 5) is 4.25. The second-order valence-electron chi connectivity index (χ2n) is 3.62. The van der Waals surface area contributed by atoms with Gasteiger partial charge in [-0.25, -0.2) is 0 Å². The Morgan fingerprint density at radius 2 is 1.94 bits per heavy atom.